The van der Waals surface area contributed by atoms with Crippen molar-refractivity contribution in [3.8, 4) is 11.5 Å². The smallest absolute Gasteiger partial charge is 0.309 e. The number of nitrogens with one attached hydrogen (secondary N) is 3. The fourth-order valence-electron chi connectivity index (χ4n) is 4.41. The summed E-state index contributed by atoms with van der Waals surface area (Å²) in [6, 6.07) is 3.97. The highest BCUT2D eigenvalue weighted by atomic mass is 16.4. The van der Waals surface area contributed by atoms with Gasteiger partial charge in [-0.1, -0.05) is 6.92 Å². The molecule has 0 spiro atoms. The van der Waals surface area contributed by atoms with E-state index in [-0.39, 0.29) is 22.6 Å². The summed E-state index contributed by atoms with van der Waals surface area (Å²) in [7, 11) is 0. The Labute approximate surface area is 208 Å². The lowest BCUT2D eigenvalue weighted by Gasteiger charge is -2.18. The summed E-state index contributed by atoms with van der Waals surface area (Å²) in [4.78, 5) is 45.1. The van der Waals surface area contributed by atoms with Crippen LogP contribution in [0.5, 0.6) is 0 Å². The molecule has 4 N–H and O–H groups in total. The van der Waals surface area contributed by atoms with Crippen molar-refractivity contribution >= 4 is 40.2 Å². The molecule has 2 aromatic heterocycles. The first-order valence-electron chi connectivity index (χ1n) is 12.3. The van der Waals surface area contributed by atoms with Crippen molar-refractivity contribution in [1.29, 1.82) is 0 Å². The van der Waals surface area contributed by atoms with Crippen molar-refractivity contribution in [3.05, 3.63) is 23.9 Å². The molecule has 0 radical (unpaired) electrons. The number of hydrogen-bond donors (Lipinski definition) is 4. The predicted molar refractivity (Wildman–Crippen MR) is 136 cm³/mol. The molecule has 10 nitrogen and oxygen atoms in total. The fourth-order valence-corrected chi connectivity index (χ4v) is 4.41. The van der Waals surface area contributed by atoms with Crippen molar-refractivity contribution in [2.75, 3.05) is 16.8 Å². The second-order valence-electron chi connectivity index (χ2n) is 11.2. The maximum absolute atomic E-state index is 12.7. The molecule has 36 heavy (non-hydrogen) atoms. The maximum Gasteiger partial charge on any atom is 0.309 e. The molecule has 0 saturated heterocycles. The number of rotatable bonds is 5. The van der Waals surface area contributed by atoms with E-state index in [4.69, 9.17) is 10.1 Å². The minimum absolute atomic E-state index is 0.00841. The number of aromatic amines is 2. The number of carbonyl (C=O) groups is 3. The molecule has 10 heteroatoms. The van der Waals surface area contributed by atoms with Crippen LogP contribution >= 0.6 is 0 Å². The molecule has 0 bridgehead atoms. The molecule has 2 amide bonds. The highest BCUT2D eigenvalue weighted by molar-refractivity contribution is 6.09. The van der Waals surface area contributed by atoms with Gasteiger partial charge in [0.05, 0.1) is 39.4 Å². The Morgan fingerprint density at radius 1 is 1.11 bits per heavy atom. The van der Waals surface area contributed by atoms with E-state index in [0.717, 1.165) is 48.0 Å². The van der Waals surface area contributed by atoms with Crippen LogP contribution in [0.1, 0.15) is 65.9 Å². The largest absolute Gasteiger partial charge is 0.481 e. The highest BCUT2D eigenvalue weighted by Gasteiger charge is 2.46. The number of likely N-dealkylation sites (N-methyl/N-ethyl adjacent to an activating group) is 1. The van der Waals surface area contributed by atoms with Gasteiger partial charge in [-0.05, 0) is 71.1 Å². The van der Waals surface area contributed by atoms with Crippen LogP contribution in [0.3, 0.4) is 0 Å². The number of carboxylic acid groups (broad SMARTS) is 1. The third kappa shape index (κ3) is 3.84. The van der Waals surface area contributed by atoms with Crippen molar-refractivity contribution in [3.63, 3.8) is 0 Å². The number of carboxylic acids is 1. The zero-order valence-corrected chi connectivity index (χ0v) is 21.3. The molecule has 1 aliphatic heterocycles. The molecule has 3 heterocycles. The lowest BCUT2D eigenvalue weighted by atomic mass is 9.86. The fraction of sp³-hybridized carbons (Fsp3) is 0.500. The van der Waals surface area contributed by atoms with E-state index in [0.29, 0.717) is 23.8 Å². The lowest BCUT2D eigenvalue weighted by molar-refractivity contribution is -0.142. The first kappa shape index (κ1) is 24.0. The van der Waals surface area contributed by atoms with E-state index >= 15 is 0 Å². The minimum atomic E-state index is -0.646. The van der Waals surface area contributed by atoms with Gasteiger partial charge in [0.2, 0.25) is 11.8 Å². The second-order valence-corrected chi connectivity index (χ2v) is 11.2. The van der Waals surface area contributed by atoms with Gasteiger partial charge in [-0.2, -0.15) is 5.10 Å². The van der Waals surface area contributed by atoms with Gasteiger partial charge in [-0.15, -0.1) is 0 Å². The summed E-state index contributed by atoms with van der Waals surface area (Å²) in [5.74, 6) is 0.0706. The Balaban J connectivity index is 0.000000330. The Kier molecular flexibility index (Phi) is 5.28. The summed E-state index contributed by atoms with van der Waals surface area (Å²) >= 11 is 0. The van der Waals surface area contributed by atoms with Crippen LogP contribution in [0.25, 0.3) is 22.6 Å². The van der Waals surface area contributed by atoms with Crippen molar-refractivity contribution < 1.29 is 19.5 Å². The van der Waals surface area contributed by atoms with Gasteiger partial charge in [-0.3, -0.25) is 19.5 Å². The van der Waals surface area contributed by atoms with Crippen LogP contribution < -0.4 is 10.2 Å². The van der Waals surface area contributed by atoms with E-state index < -0.39 is 11.4 Å². The van der Waals surface area contributed by atoms with Gasteiger partial charge < -0.3 is 20.3 Å². The van der Waals surface area contributed by atoms with Crippen molar-refractivity contribution in [2.45, 2.75) is 65.7 Å². The Morgan fingerprint density at radius 3 is 2.33 bits per heavy atom. The van der Waals surface area contributed by atoms with Gasteiger partial charge in [0.1, 0.15) is 5.69 Å². The number of benzene rings is 1. The van der Waals surface area contributed by atoms with Crippen LogP contribution in [0, 0.1) is 10.8 Å². The standard InChI is InChI=1S/C21H24N6O2.C5H8O2/c1-5-27-15-9-13-12(8-11(15)20(2,3)19(27)29)23-17(24-13)16-14(10-22-26-16)25-18(28)21(4)6-7-21;1-5(2-3-5)4(6)7/h8-10H,5-7H2,1-4H3,(H,22,26)(H,23,24)(H,25,28);2-3H2,1H3,(H,6,7). The molecule has 2 saturated carbocycles. The van der Waals surface area contributed by atoms with Gasteiger partial charge >= 0.3 is 5.97 Å². The number of anilines is 2. The normalized spacial score (nSPS) is 19.9. The van der Waals surface area contributed by atoms with Crippen molar-refractivity contribution in [1.82, 2.24) is 20.2 Å². The Bertz CT molecular complexity index is 1390. The number of fused-ring (bicyclic) bond motifs is 2. The molecule has 3 aromatic rings. The number of H-pyrrole nitrogens is 2. The number of imidazole rings is 1. The summed E-state index contributed by atoms with van der Waals surface area (Å²) in [6.45, 7) is 10.2. The zero-order chi connectivity index (χ0) is 26.0. The number of aromatic nitrogens is 4. The van der Waals surface area contributed by atoms with Gasteiger partial charge in [0, 0.05) is 12.0 Å². The van der Waals surface area contributed by atoms with E-state index in [1.807, 2.05) is 39.8 Å². The van der Waals surface area contributed by atoms with Crippen LogP contribution in [0.4, 0.5) is 11.4 Å². The van der Waals surface area contributed by atoms with Gasteiger partial charge in [-0.25, -0.2) is 4.98 Å². The molecule has 2 aliphatic carbocycles. The second kappa shape index (κ2) is 7.91. The van der Waals surface area contributed by atoms with Crippen LogP contribution in [-0.4, -0.2) is 49.6 Å². The average Bonchev–Trinajstić information content (AvgIpc) is 3.63. The van der Waals surface area contributed by atoms with Crippen LogP contribution in [0.15, 0.2) is 18.3 Å². The highest BCUT2D eigenvalue weighted by Crippen LogP contribution is 2.47. The maximum atomic E-state index is 12.7. The molecule has 6 rings (SSSR count). The molecular formula is C26H32N6O4. The Morgan fingerprint density at radius 2 is 1.78 bits per heavy atom. The van der Waals surface area contributed by atoms with E-state index in [2.05, 4.69) is 20.5 Å². The SMILES string of the molecule is CC1(C(=O)O)CC1.CCN1C(=O)C(C)(C)c2cc3[nH]c(-c4[nH]ncc4NC(=O)C4(C)CC4)nc3cc21. The summed E-state index contributed by atoms with van der Waals surface area (Å²) in [6.07, 6.45) is 5.15. The number of amides is 2. The van der Waals surface area contributed by atoms with Crippen LogP contribution in [-0.2, 0) is 19.8 Å². The molecule has 3 aliphatic rings. The number of nitrogens with zero attached hydrogens (tertiary/aromatic N) is 3. The molecule has 0 unspecified atom stereocenters. The molecule has 190 valence electrons. The van der Waals surface area contributed by atoms with Gasteiger partial charge in [0.25, 0.3) is 0 Å². The first-order valence-corrected chi connectivity index (χ1v) is 12.3. The summed E-state index contributed by atoms with van der Waals surface area (Å²) < 4.78 is 0. The molecule has 0 atom stereocenters. The summed E-state index contributed by atoms with van der Waals surface area (Å²) in [5.41, 5.74) is 3.59. The third-order valence-corrected chi connectivity index (χ3v) is 7.85. The minimum Gasteiger partial charge on any atom is -0.481 e. The van der Waals surface area contributed by atoms with Gasteiger partial charge in [0.15, 0.2) is 5.82 Å². The number of carbonyl (C=O) groups excluding carboxylic acids is 2. The lowest BCUT2D eigenvalue weighted by Crippen LogP contribution is -2.35. The van der Waals surface area contributed by atoms with E-state index in [1.165, 1.54) is 0 Å². The zero-order valence-electron chi connectivity index (χ0n) is 21.3. The quantitative estimate of drug-likeness (QED) is 0.420. The first-order chi connectivity index (χ1) is 16.9. The topological polar surface area (TPSA) is 144 Å². The van der Waals surface area contributed by atoms with Crippen LogP contribution in [0.2, 0.25) is 0 Å². The molecule has 1 aromatic carbocycles. The van der Waals surface area contributed by atoms with E-state index in [9.17, 15) is 14.4 Å². The number of aliphatic carboxylic acids is 1. The predicted octanol–water partition coefficient (Wildman–Crippen LogP) is 4.21. The summed E-state index contributed by atoms with van der Waals surface area (Å²) in [5, 5.41) is 18.3. The van der Waals surface area contributed by atoms with E-state index in [1.54, 1.807) is 18.0 Å². The average molecular weight is 493 g/mol. The third-order valence-electron chi connectivity index (χ3n) is 7.85. The Hall–Kier alpha value is -3.69. The van der Waals surface area contributed by atoms with Crippen molar-refractivity contribution in [2.24, 2.45) is 10.8 Å². The number of hydrogen-bond acceptors (Lipinski definition) is 5. The molecule has 2 fully saturated rings. The molecular weight excluding hydrogens is 460 g/mol. The monoisotopic (exact) mass is 492 g/mol.